The lowest BCUT2D eigenvalue weighted by atomic mass is 9.74. The summed E-state index contributed by atoms with van der Waals surface area (Å²) in [4.78, 5) is 33.4. The smallest absolute Gasteiger partial charge is 0.222 e. The Balaban J connectivity index is 0.00000167. The minimum absolute atomic E-state index is 0.0792. The van der Waals surface area contributed by atoms with E-state index >= 15 is 0 Å². The number of aromatic nitrogens is 1. The average Bonchev–Trinajstić information content (AvgIpc) is 2.87. The van der Waals surface area contributed by atoms with Crippen LogP contribution in [0.25, 0.3) is 0 Å². The van der Waals surface area contributed by atoms with E-state index in [0.717, 1.165) is 44.7 Å². The second kappa shape index (κ2) is 12.9. The molecule has 35 heavy (non-hydrogen) atoms. The SMILES string of the molecule is CC.CCC(=O)c1ccc(N2CCC(CC(=O)N3CC(C(c4ccccc4)C(C)C)C3)CC2)cn1. The fraction of sp³-hybridized carbons (Fsp3) is 0.567. The largest absolute Gasteiger partial charge is 0.370 e. The number of hydrogen-bond acceptors (Lipinski definition) is 4. The summed E-state index contributed by atoms with van der Waals surface area (Å²) in [5.74, 6) is 2.51. The van der Waals surface area contributed by atoms with E-state index in [-0.39, 0.29) is 5.78 Å². The first-order valence-corrected chi connectivity index (χ1v) is 13.5. The van der Waals surface area contributed by atoms with Gasteiger partial charge in [-0.3, -0.25) is 14.6 Å². The molecule has 2 aliphatic heterocycles. The summed E-state index contributed by atoms with van der Waals surface area (Å²) in [5, 5.41) is 0. The van der Waals surface area contributed by atoms with Crippen LogP contribution in [0.5, 0.6) is 0 Å². The average molecular weight is 478 g/mol. The van der Waals surface area contributed by atoms with E-state index in [1.165, 1.54) is 5.56 Å². The first kappa shape index (κ1) is 26.9. The summed E-state index contributed by atoms with van der Waals surface area (Å²) in [6, 6.07) is 14.6. The predicted octanol–water partition coefficient (Wildman–Crippen LogP) is 6.21. The number of benzene rings is 1. The van der Waals surface area contributed by atoms with Gasteiger partial charge in [-0.25, -0.2) is 0 Å². The fourth-order valence-corrected chi connectivity index (χ4v) is 5.51. The summed E-state index contributed by atoms with van der Waals surface area (Å²) in [7, 11) is 0. The summed E-state index contributed by atoms with van der Waals surface area (Å²) in [5.41, 5.74) is 3.01. The van der Waals surface area contributed by atoms with Crippen molar-refractivity contribution in [3.05, 3.63) is 59.9 Å². The van der Waals surface area contributed by atoms with Crippen molar-refractivity contribution in [2.45, 2.75) is 66.2 Å². The number of piperidine rings is 1. The van der Waals surface area contributed by atoms with Gasteiger partial charge >= 0.3 is 0 Å². The predicted molar refractivity (Wildman–Crippen MR) is 144 cm³/mol. The molecule has 0 bridgehead atoms. The highest BCUT2D eigenvalue weighted by molar-refractivity contribution is 5.94. The molecule has 4 rings (SSSR count). The molecule has 1 aromatic heterocycles. The van der Waals surface area contributed by atoms with Crippen molar-refractivity contribution in [3.8, 4) is 0 Å². The molecule has 0 aliphatic carbocycles. The molecule has 2 saturated heterocycles. The Kier molecular flexibility index (Phi) is 9.88. The Hall–Kier alpha value is -2.69. The first-order valence-electron chi connectivity index (χ1n) is 13.5. The van der Waals surface area contributed by atoms with Crippen LogP contribution in [-0.2, 0) is 4.79 Å². The molecule has 1 amide bonds. The zero-order valence-electron chi connectivity index (χ0n) is 22.2. The summed E-state index contributed by atoms with van der Waals surface area (Å²) in [6.45, 7) is 14.1. The van der Waals surface area contributed by atoms with Crippen LogP contribution in [0.3, 0.4) is 0 Å². The molecule has 5 heteroatoms. The molecule has 2 aromatic rings. The maximum atomic E-state index is 12.9. The van der Waals surface area contributed by atoms with Gasteiger partial charge in [0, 0.05) is 44.9 Å². The summed E-state index contributed by atoms with van der Waals surface area (Å²) >= 11 is 0. The van der Waals surface area contributed by atoms with Gasteiger partial charge in [0.25, 0.3) is 0 Å². The number of ketones is 1. The molecule has 1 unspecified atom stereocenters. The minimum Gasteiger partial charge on any atom is -0.370 e. The summed E-state index contributed by atoms with van der Waals surface area (Å²) in [6.07, 6.45) is 5.01. The number of anilines is 1. The van der Waals surface area contributed by atoms with Crippen LogP contribution in [0.1, 0.15) is 82.3 Å². The number of likely N-dealkylation sites (tertiary alicyclic amines) is 1. The van der Waals surface area contributed by atoms with Crippen LogP contribution in [0.2, 0.25) is 0 Å². The van der Waals surface area contributed by atoms with Gasteiger partial charge < -0.3 is 9.80 Å². The Labute approximate surface area is 211 Å². The highest BCUT2D eigenvalue weighted by Crippen LogP contribution is 2.38. The van der Waals surface area contributed by atoms with E-state index in [9.17, 15) is 9.59 Å². The van der Waals surface area contributed by atoms with E-state index < -0.39 is 0 Å². The van der Waals surface area contributed by atoms with Crippen LogP contribution >= 0.6 is 0 Å². The third-order valence-electron chi connectivity index (χ3n) is 7.47. The number of Topliss-reactive ketones (excluding diaryl/α,β-unsaturated/α-hetero) is 1. The van der Waals surface area contributed by atoms with Crippen LogP contribution in [0, 0.1) is 17.8 Å². The Morgan fingerprint density at radius 3 is 2.20 bits per heavy atom. The number of carbonyl (C=O) groups excluding carboxylic acids is 2. The van der Waals surface area contributed by atoms with Crippen LogP contribution in [0.4, 0.5) is 5.69 Å². The van der Waals surface area contributed by atoms with Crippen LogP contribution in [-0.4, -0.2) is 47.8 Å². The molecule has 2 fully saturated rings. The van der Waals surface area contributed by atoms with Crippen molar-refractivity contribution in [2.75, 3.05) is 31.1 Å². The highest BCUT2D eigenvalue weighted by Gasteiger charge is 2.38. The number of hydrogen-bond donors (Lipinski definition) is 0. The van der Waals surface area contributed by atoms with Crippen LogP contribution < -0.4 is 4.90 Å². The molecule has 1 atom stereocenters. The van der Waals surface area contributed by atoms with E-state index in [0.29, 0.717) is 48.1 Å². The second-order valence-corrected chi connectivity index (χ2v) is 10.1. The van der Waals surface area contributed by atoms with Gasteiger partial charge in [0.2, 0.25) is 5.91 Å². The molecule has 5 nitrogen and oxygen atoms in total. The van der Waals surface area contributed by atoms with Crippen molar-refractivity contribution >= 4 is 17.4 Å². The molecular weight excluding hydrogens is 434 g/mol. The first-order chi connectivity index (χ1) is 17.0. The molecule has 0 spiro atoms. The molecule has 0 radical (unpaired) electrons. The van der Waals surface area contributed by atoms with E-state index in [1.54, 1.807) is 0 Å². The molecule has 2 aliphatic rings. The van der Waals surface area contributed by atoms with E-state index in [1.807, 2.05) is 39.1 Å². The second-order valence-electron chi connectivity index (χ2n) is 10.1. The highest BCUT2D eigenvalue weighted by atomic mass is 16.2. The Morgan fingerprint density at radius 1 is 1.00 bits per heavy atom. The van der Waals surface area contributed by atoms with Crippen molar-refractivity contribution in [1.29, 1.82) is 0 Å². The van der Waals surface area contributed by atoms with Gasteiger partial charge in [-0.1, -0.05) is 65.0 Å². The third kappa shape index (κ3) is 6.71. The number of pyridine rings is 1. The van der Waals surface area contributed by atoms with Gasteiger partial charge in [-0.2, -0.15) is 0 Å². The van der Waals surface area contributed by atoms with Gasteiger partial charge in [-0.05, 0) is 48.3 Å². The summed E-state index contributed by atoms with van der Waals surface area (Å²) < 4.78 is 0. The van der Waals surface area contributed by atoms with Gasteiger partial charge in [0.05, 0.1) is 11.9 Å². The molecular formula is C30H43N3O2. The van der Waals surface area contributed by atoms with Crippen LogP contribution in [0.15, 0.2) is 48.7 Å². The van der Waals surface area contributed by atoms with Crippen molar-refractivity contribution < 1.29 is 9.59 Å². The normalized spacial score (nSPS) is 17.4. The lowest BCUT2D eigenvalue weighted by Gasteiger charge is -2.46. The molecule has 3 heterocycles. The maximum Gasteiger partial charge on any atom is 0.222 e. The zero-order valence-corrected chi connectivity index (χ0v) is 22.2. The lowest BCUT2D eigenvalue weighted by Crippen LogP contribution is -2.53. The van der Waals surface area contributed by atoms with Gasteiger partial charge in [-0.15, -0.1) is 0 Å². The maximum absolute atomic E-state index is 12.9. The topological polar surface area (TPSA) is 53.5 Å². The van der Waals surface area contributed by atoms with Crippen molar-refractivity contribution in [1.82, 2.24) is 9.88 Å². The van der Waals surface area contributed by atoms with Crippen molar-refractivity contribution in [2.24, 2.45) is 17.8 Å². The standard InChI is InChI=1S/C28H37N3O2.C2H6/c1-4-26(32)25-11-10-24(17-29-25)30-14-12-21(13-15-30)16-27(33)31-18-23(19-31)28(20(2)3)22-8-6-5-7-9-22;1-2/h5-11,17,20-21,23,28H,4,12-16,18-19H2,1-3H3;1-2H3. The molecule has 190 valence electrons. The number of nitrogens with zero attached hydrogens (tertiary/aromatic N) is 3. The zero-order chi connectivity index (χ0) is 25.4. The van der Waals surface area contributed by atoms with E-state index in [2.05, 4.69) is 59.0 Å². The molecule has 0 saturated carbocycles. The quantitative estimate of drug-likeness (QED) is 0.425. The van der Waals surface area contributed by atoms with Gasteiger partial charge in [0.15, 0.2) is 5.78 Å². The Morgan fingerprint density at radius 2 is 1.66 bits per heavy atom. The monoisotopic (exact) mass is 477 g/mol. The number of carbonyl (C=O) groups is 2. The minimum atomic E-state index is 0.0792. The van der Waals surface area contributed by atoms with Gasteiger partial charge in [0.1, 0.15) is 5.69 Å². The Bertz CT molecular complexity index is 928. The van der Waals surface area contributed by atoms with E-state index in [4.69, 9.17) is 0 Å². The molecule has 1 aromatic carbocycles. The molecule has 0 N–H and O–H groups in total. The third-order valence-corrected chi connectivity index (χ3v) is 7.47. The fourth-order valence-electron chi connectivity index (χ4n) is 5.51. The van der Waals surface area contributed by atoms with Crippen molar-refractivity contribution in [3.63, 3.8) is 0 Å². The number of amides is 1. The lowest BCUT2D eigenvalue weighted by molar-refractivity contribution is -0.139. The number of rotatable bonds is 8.